The van der Waals surface area contributed by atoms with Gasteiger partial charge < -0.3 is 15.5 Å². The van der Waals surface area contributed by atoms with Crippen LogP contribution in [0.3, 0.4) is 0 Å². The summed E-state index contributed by atoms with van der Waals surface area (Å²) < 4.78 is 0. The summed E-state index contributed by atoms with van der Waals surface area (Å²) in [6.45, 7) is 2.66. The first-order valence-electron chi connectivity index (χ1n) is 7.11. The molecular weight excluding hydrogens is 325 g/mol. The van der Waals surface area contributed by atoms with Crippen LogP contribution in [0.2, 0.25) is 5.02 Å². The van der Waals surface area contributed by atoms with Crippen LogP contribution in [0.1, 0.15) is 12.0 Å². The summed E-state index contributed by atoms with van der Waals surface area (Å²) in [7, 11) is 0. The molecule has 1 aliphatic rings. The Balaban J connectivity index is 0.00000242. The van der Waals surface area contributed by atoms with Crippen LogP contribution in [0.4, 0.5) is 0 Å². The number of carbonyl (C=O) groups excluding carboxylic acids is 2. The Morgan fingerprint density at radius 1 is 1.05 bits per heavy atom. The normalized spacial score (nSPS) is 14.5. The maximum Gasteiger partial charge on any atom is 0.227 e. The summed E-state index contributed by atoms with van der Waals surface area (Å²) in [6.07, 6.45) is 0.671. The number of rotatable bonds is 4. The van der Waals surface area contributed by atoms with Crippen molar-refractivity contribution in [1.29, 1.82) is 0 Å². The van der Waals surface area contributed by atoms with E-state index in [4.69, 9.17) is 17.3 Å². The van der Waals surface area contributed by atoms with Gasteiger partial charge in [-0.2, -0.15) is 0 Å². The van der Waals surface area contributed by atoms with E-state index in [2.05, 4.69) is 0 Å². The average molecular weight is 346 g/mol. The molecule has 0 atom stereocenters. The van der Waals surface area contributed by atoms with Crippen molar-refractivity contribution >= 4 is 35.8 Å². The van der Waals surface area contributed by atoms with Crippen molar-refractivity contribution in [1.82, 2.24) is 9.80 Å². The molecule has 2 amide bonds. The lowest BCUT2D eigenvalue weighted by molar-refractivity contribution is -0.139. The van der Waals surface area contributed by atoms with Gasteiger partial charge in [0.25, 0.3) is 0 Å². The number of carbonyl (C=O) groups is 2. The molecule has 0 aromatic heterocycles. The molecule has 1 aliphatic heterocycles. The first-order chi connectivity index (χ1) is 10.1. The highest BCUT2D eigenvalue weighted by atomic mass is 35.5. The highest BCUT2D eigenvalue weighted by Crippen LogP contribution is 2.16. The fraction of sp³-hybridized carbons (Fsp3) is 0.467. The van der Waals surface area contributed by atoms with E-state index < -0.39 is 0 Å². The fourth-order valence-corrected chi connectivity index (χ4v) is 2.61. The Kier molecular flexibility index (Phi) is 7.65. The first-order valence-corrected chi connectivity index (χ1v) is 7.48. The minimum atomic E-state index is 0. The second kappa shape index (κ2) is 8.98. The van der Waals surface area contributed by atoms with Crippen LogP contribution in [0.15, 0.2) is 24.3 Å². The molecule has 2 rings (SSSR count). The number of hydrogen-bond donors (Lipinski definition) is 1. The number of halogens is 2. The van der Waals surface area contributed by atoms with Crippen LogP contribution in [0.5, 0.6) is 0 Å². The molecule has 1 aromatic carbocycles. The molecule has 0 spiro atoms. The molecule has 0 bridgehead atoms. The summed E-state index contributed by atoms with van der Waals surface area (Å²) in [5.74, 6) is 0.115. The SMILES string of the molecule is Cl.NCCC(=O)N1CCN(C(=O)Cc2ccccc2Cl)CC1. The van der Waals surface area contributed by atoms with E-state index in [9.17, 15) is 9.59 Å². The van der Waals surface area contributed by atoms with Gasteiger partial charge in [0, 0.05) is 44.2 Å². The number of nitrogens with two attached hydrogens (primary N) is 1. The van der Waals surface area contributed by atoms with Crippen molar-refractivity contribution in [3.05, 3.63) is 34.9 Å². The predicted octanol–water partition coefficient (Wildman–Crippen LogP) is 1.32. The molecule has 122 valence electrons. The van der Waals surface area contributed by atoms with Gasteiger partial charge in [-0.15, -0.1) is 12.4 Å². The Labute approximate surface area is 141 Å². The zero-order chi connectivity index (χ0) is 15.2. The maximum absolute atomic E-state index is 12.3. The Morgan fingerprint density at radius 3 is 2.14 bits per heavy atom. The van der Waals surface area contributed by atoms with Crippen LogP contribution in [-0.4, -0.2) is 54.3 Å². The molecular formula is C15H21Cl2N3O2. The highest BCUT2D eigenvalue weighted by Gasteiger charge is 2.23. The third-order valence-electron chi connectivity index (χ3n) is 3.64. The van der Waals surface area contributed by atoms with Gasteiger partial charge in [0.15, 0.2) is 0 Å². The van der Waals surface area contributed by atoms with Crippen molar-refractivity contribution in [2.75, 3.05) is 32.7 Å². The Hall–Kier alpha value is -1.30. The van der Waals surface area contributed by atoms with Crippen molar-refractivity contribution in [2.24, 2.45) is 5.73 Å². The number of hydrogen-bond acceptors (Lipinski definition) is 3. The van der Waals surface area contributed by atoms with E-state index in [1.165, 1.54) is 0 Å². The Bertz CT molecular complexity index is 517. The van der Waals surface area contributed by atoms with E-state index >= 15 is 0 Å². The smallest absolute Gasteiger partial charge is 0.227 e. The standard InChI is InChI=1S/C15H20ClN3O2.ClH/c16-13-4-2-1-3-12(13)11-15(21)19-9-7-18(8-10-19)14(20)5-6-17;/h1-4H,5-11,17H2;1H. The van der Waals surface area contributed by atoms with Crippen molar-refractivity contribution in [3.63, 3.8) is 0 Å². The van der Waals surface area contributed by atoms with Gasteiger partial charge in [-0.25, -0.2) is 0 Å². The number of benzene rings is 1. The van der Waals surface area contributed by atoms with Gasteiger partial charge in [0.05, 0.1) is 6.42 Å². The lowest BCUT2D eigenvalue weighted by atomic mass is 10.1. The van der Waals surface area contributed by atoms with Gasteiger partial charge in [-0.1, -0.05) is 29.8 Å². The zero-order valence-corrected chi connectivity index (χ0v) is 13.9. The van der Waals surface area contributed by atoms with Crippen molar-refractivity contribution in [2.45, 2.75) is 12.8 Å². The molecule has 5 nitrogen and oxygen atoms in total. The molecule has 0 saturated carbocycles. The lowest BCUT2D eigenvalue weighted by Gasteiger charge is -2.35. The van der Waals surface area contributed by atoms with Gasteiger partial charge in [0.2, 0.25) is 11.8 Å². The Morgan fingerprint density at radius 2 is 1.59 bits per heavy atom. The molecule has 1 fully saturated rings. The molecule has 1 aromatic rings. The number of nitrogens with zero attached hydrogens (tertiary/aromatic N) is 2. The van der Waals surface area contributed by atoms with E-state index in [1.807, 2.05) is 18.2 Å². The van der Waals surface area contributed by atoms with Crippen molar-refractivity contribution in [3.8, 4) is 0 Å². The monoisotopic (exact) mass is 345 g/mol. The first kappa shape index (κ1) is 18.7. The van der Waals surface area contributed by atoms with Gasteiger partial charge in [-0.3, -0.25) is 9.59 Å². The molecule has 22 heavy (non-hydrogen) atoms. The van der Waals surface area contributed by atoms with Crippen molar-refractivity contribution < 1.29 is 9.59 Å². The number of amides is 2. The second-order valence-electron chi connectivity index (χ2n) is 5.07. The topological polar surface area (TPSA) is 66.6 Å². The fourth-order valence-electron chi connectivity index (χ4n) is 2.40. The average Bonchev–Trinajstić information content (AvgIpc) is 2.50. The summed E-state index contributed by atoms with van der Waals surface area (Å²) in [5, 5.41) is 0.614. The van der Waals surface area contributed by atoms with Gasteiger partial charge in [0.1, 0.15) is 0 Å². The third-order valence-corrected chi connectivity index (χ3v) is 4.01. The summed E-state index contributed by atoms with van der Waals surface area (Å²) in [5.41, 5.74) is 6.23. The largest absolute Gasteiger partial charge is 0.339 e. The molecule has 1 heterocycles. The van der Waals surface area contributed by atoms with E-state index in [0.29, 0.717) is 50.6 Å². The highest BCUT2D eigenvalue weighted by molar-refractivity contribution is 6.31. The van der Waals surface area contributed by atoms with E-state index in [0.717, 1.165) is 5.56 Å². The molecule has 0 unspecified atom stereocenters. The quantitative estimate of drug-likeness (QED) is 0.894. The lowest BCUT2D eigenvalue weighted by Crippen LogP contribution is -2.51. The van der Waals surface area contributed by atoms with E-state index in [-0.39, 0.29) is 24.2 Å². The number of piperazine rings is 1. The van der Waals surface area contributed by atoms with Crippen LogP contribution in [-0.2, 0) is 16.0 Å². The van der Waals surface area contributed by atoms with Crippen LogP contribution >= 0.6 is 24.0 Å². The van der Waals surface area contributed by atoms with Gasteiger partial charge >= 0.3 is 0 Å². The summed E-state index contributed by atoms with van der Waals surface area (Å²) >= 11 is 6.07. The van der Waals surface area contributed by atoms with Crippen LogP contribution in [0, 0.1) is 0 Å². The van der Waals surface area contributed by atoms with Crippen LogP contribution < -0.4 is 5.73 Å². The minimum absolute atomic E-state index is 0. The molecule has 0 radical (unpaired) electrons. The molecule has 7 heteroatoms. The van der Waals surface area contributed by atoms with E-state index in [1.54, 1.807) is 15.9 Å². The minimum Gasteiger partial charge on any atom is -0.339 e. The summed E-state index contributed by atoms with van der Waals surface area (Å²) in [6, 6.07) is 7.37. The zero-order valence-electron chi connectivity index (χ0n) is 12.3. The molecule has 0 aliphatic carbocycles. The summed E-state index contributed by atoms with van der Waals surface area (Å²) in [4.78, 5) is 27.6. The molecule has 2 N–H and O–H groups in total. The van der Waals surface area contributed by atoms with Crippen LogP contribution in [0.25, 0.3) is 0 Å². The predicted molar refractivity (Wildman–Crippen MR) is 89.2 cm³/mol. The molecule has 1 saturated heterocycles. The van der Waals surface area contributed by atoms with Gasteiger partial charge in [-0.05, 0) is 11.6 Å². The maximum atomic E-state index is 12.3. The second-order valence-corrected chi connectivity index (χ2v) is 5.48. The third kappa shape index (κ3) is 4.87.